The van der Waals surface area contributed by atoms with Crippen molar-refractivity contribution in [2.24, 2.45) is 0 Å². The lowest BCUT2D eigenvalue weighted by Gasteiger charge is -2.14. The Morgan fingerprint density at radius 3 is 1.18 bits per heavy atom. The van der Waals surface area contributed by atoms with Gasteiger partial charge in [0.1, 0.15) is 22.8 Å². The van der Waals surface area contributed by atoms with E-state index in [0.29, 0.717) is 0 Å². The van der Waals surface area contributed by atoms with Crippen molar-refractivity contribution in [3.8, 4) is 0 Å². The molecule has 1 aromatic rings. The molecule has 1 rings (SSSR count). The Balaban J connectivity index is 3.67. The lowest BCUT2D eigenvalue weighted by atomic mass is 10.1. The van der Waals surface area contributed by atoms with Crippen LogP contribution in [0.1, 0.15) is 11.1 Å². The summed E-state index contributed by atoms with van der Waals surface area (Å²) in [7, 11) is 0. The standard InChI is InChI=1S/C8HF9/c9-2-1-3(10)5(8(15,16)17)6(11)4(2)7(12,13)14/h1H. The van der Waals surface area contributed by atoms with Gasteiger partial charge in [-0.15, -0.1) is 0 Å². The first-order valence-electron chi connectivity index (χ1n) is 3.78. The Morgan fingerprint density at radius 1 is 0.647 bits per heavy atom. The van der Waals surface area contributed by atoms with Crippen LogP contribution in [-0.2, 0) is 12.4 Å². The molecule has 9 heteroatoms. The van der Waals surface area contributed by atoms with Crippen LogP contribution >= 0.6 is 0 Å². The van der Waals surface area contributed by atoms with Crippen molar-refractivity contribution in [2.75, 3.05) is 0 Å². The van der Waals surface area contributed by atoms with E-state index in [9.17, 15) is 39.5 Å². The van der Waals surface area contributed by atoms with Gasteiger partial charge in [-0.1, -0.05) is 0 Å². The van der Waals surface area contributed by atoms with Gasteiger partial charge < -0.3 is 0 Å². The molecule has 1 aromatic carbocycles. The van der Waals surface area contributed by atoms with E-state index in [4.69, 9.17) is 0 Å². The molecule has 0 fully saturated rings. The molecule has 0 N–H and O–H groups in total. The quantitative estimate of drug-likeness (QED) is 0.620. The van der Waals surface area contributed by atoms with E-state index in [1.807, 2.05) is 0 Å². The summed E-state index contributed by atoms with van der Waals surface area (Å²) in [6, 6.07) is -0.658. The van der Waals surface area contributed by atoms with Gasteiger partial charge in [0, 0.05) is 6.07 Å². The normalized spacial score (nSPS) is 13.0. The maximum absolute atomic E-state index is 12.9. The van der Waals surface area contributed by atoms with Crippen molar-refractivity contribution in [3.05, 3.63) is 34.6 Å². The van der Waals surface area contributed by atoms with Gasteiger partial charge in [-0.25, -0.2) is 13.2 Å². The van der Waals surface area contributed by atoms with Crippen LogP contribution < -0.4 is 0 Å². The lowest BCUT2D eigenvalue weighted by molar-refractivity contribution is -0.150. The fourth-order valence-corrected chi connectivity index (χ4v) is 1.11. The zero-order chi connectivity index (χ0) is 13.6. The molecule has 0 saturated carbocycles. The van der Waals surface area contributed by atoms with E-state index in [1.54, 1.807) is 0 Å². The average Bonchev–Trinajstić information content (AvgIpc) is 1.94. The van der Waals surface area contributed by atoms with Crippen molar-refractivity contribution in [3.63, 3.8) is 0 Å². The minimum absolute atomic E-state index is 0.658. The number of rotatable bonds is 0. The highest BCUT2D eigenvalue weighted by molar-refractivity contribution is 5.32. The molecule has 0 saturated heterocycles. The molecule has 0 aromatic heterocycles. The van der Waals surface area contributed by atoms with Gasteiger partial charge in [0.25, 0.3) is 0 Å². The van der Waals surface area contributed by atoms with Crippen LogP contribution in [0.15, 0.2) is 6.07 Å². The molecule has 0 nitrogen and oxygen atoms in total. The van der Waals surface area contributed by atoms with Gasteiger partial charge in [-0.05, 0) is 0 Å². The third-order valence-corrected chi connectivity index (χ3v) is 1.74. The molecular weight excluding hydrogens is 267 g/mol. The molecule has 0 atom stereocenters. The summed E-state index contributed by atoms with van der Waals surface area (Å²) in [6.45, 7) is 0. The second kappa shape index (κ2) is 3.81. The molecule has 0 bridgehead atoms. The van der Waals surface area contributed by atoms with Crippen molar-refractivity contribution in [2.45, 2.75) is 12.4 Å². The fraction of sp³-hybridized carbons (Fsp3) is 0.250. The highest BCUT2D eigenvalue weighted by atomic mass is 19.4. The van der Waals surface area contributed by atoms with E-state index in [-0.39, 0.29) is 0 Å². The van der Waals surface area contributed by atoms with Gasteiger partial charge in [-0.3, -0.25) is 0 Å². The zero-order valence-electron chi connectivity index (χ0n) is 7.48. The molecule has 0 unspecified atom stereocenters. The topological polar surface area (TPSA) is 0 Å². The van der Waals surface area contributed by atoms with E-state index >= 15 is 0 Å². The molecule has 0 aliphatic rings. The van der Waals surface area contributed by atoms with Gasteiger partial charge >= 0.3 is 12.4 Å². The fourth-order valence-electron chi connectivity index (χ4n) is 1.11. The van der Waals surface area contributed by atoms with Crippen LogP contribution in [0.5, 0.6) is 0 Å². The summed E-state index contributed by atoms with van der Waals surface area (Å²) in [5.41, 5.74) is -5.54. The predicted octanol–water partition coefficient (Wildman–Crippen LogP) is 4.14. The number of alkyl halides is 6. The van der Waals surface area contributed by atoms with Crippen LogP contribution in [0.4, 0.5) is 39.5 Å². The summed E-state index contributed by atoms with van der Waals surface area (Å²) in [5.74, 6) is -7.90. The van der Waals surface area contributed by atoms with Gasteiger partial charge in [0.2, 0.25) is 0 Å². The zero-order valence-corrected chi connectivity index (χ0v) is 7.48. The van der Waals surface area contributed by atoms with Crippen LogP contribution in [0.25, 0.3) is 0 Å². The third kappa shape index (κ3) is 2.47. The van der Waals surface area contributed by atoms with Gasteiger partial charge in [-0.2, -0.15) is 26.3 Å². The van der Waals surface area contributed by atoms with Crippen molar-refractivity contribution in [1.29, 1.82) is 0 Å². The molecule has 17 heavy (non-hydrogen) atoms. The number of hydrogen-bond acceptors (Lipinski definition) is 0. The minimum Gasteiger partial charge on any atom is -0.206 e. The molecule has 0 amide bonds. The molecule has 0 heterocycles. The maximum Gasteiger partial charge on any atom is 0.422 e. The first-order valence-corrected chi connectivity index (χ1v) is 3.78. The van der Waals surface area contributed by atoms with Crippen LogP contribution in [0, 0.1) is 17.5 Å². The summed E-state index contributed by atoms with van der Waals surface area (Å²) >= 11 is 0. The predicted molar refractivity (Wildman–Crippen MR) is 36.3 cm³/mol. The Bertz CT molecular complexity index is 402. The third-order valence-electron chi connectivity index (χ3n) is 1.74. The number of hydrogen-bond donors (Lipinski definition) is 0. The molecule has 0 spiro atoms. The summed E-state index contributed by atoms with van der Waals surface area (Å²) in [4.78, 5) is 0. The number of halogens is 9. The van der Waals surface area contributed by atoms with E-state index in [0.717, 1.165) is 0 Å². The second-order valence-electron chi connectivity index (χ2n) is 2.90. The molecular formula is C8HF9. The second-order valence-corrected chi connectivity index (χ2v) is 2.90. The highest BCUT2D eigenvalue weighted by Crippen LogP contribution is 2.40. The summed E-state index contributed by atoms with van der Waals surface area (Å²) < 4.78 is 110. The van der Waals surface area contributed by atoms with Crippen LogP contribution in [0.2, 0.25) is 0 Å². The first-order chi connectivity index (χ1) is 7.46. The van der Waals surface area contributed by atoms with E-state index in [2.05, 4.69) is 0 Å². The van der Waals surface area contributed by atoms with Crippen LogP contribution in [0.3, 0.4) is 0 Å². The van der Waals surface area contributed by atoms with E-state index in [1.165, 1.54) is 0 Å². The van der Waals surface area contributed by atoms with Gasteiger partial charge in [0.05, 0.1) is 0 Å². The summed E-state index contributed by atoms with van der Waals surface area (Å²) in [5, 5.41) is 0. The van der Waals surface area contributed by atoms with E-state index < -0.39 is 47.0 Å². The number of benzene rings is 1. The lowest BCUT2D eigenvalue weighted by Crippen LogP contribution is -2.19. The maximum atomic E-state index is 12.9. The molecule has 96 valence electrons. The monoisotopic (exact) mass is 268 g/mol. The first kappa shape index (κ1) is 13.7. The largest absolute Gasteiger partial charge is 0.422 e. The van der Waals surface area contributed by atoms with Crippen LogP contribution in [-0.4, -0.2) is 0 Å². The Hall–Kier alpha value is -1.41. The van der Waals surface area contributed by atoms with Crippen molar-refractivity contribution in [1.82, 2.24) is 0 Å². The van der Waals surface area contributed by atoms with Crippen molar-refractivity contribution >= 4 is 0 Å². The average molecular weight is 268 g/mol. The molecule has 0 aliphatic carbocycles. The Kier molecular flexibility index (Phi) is 3.06. The van der Waals surface area contributed by atoms with Crippen molar-refractivity contribution < 1.29 is 39.5 Å². The Labute approximate surface area is 87.7 Å². The van der Waals surface area contributed by atoms with Gasteiger partial charge in [0.15, 0.2) is 5.82 Å². The Morgan fingerprint density at radius 2 is 0.941 bits per heavy atom. The molecule has 0 aliphatic heterocycles. The highest BCUT2D eigenvalue weighted by Gasteiger charge is 2.46. The SMILES string of the molecule is Fc1cc(F)c(C(F)(F)F)c(F)c1C(F)(F)F. The molecule has 0 radical (unpaired) electrons. The smallest absolute Gasteiger partial charge is 0.206 e. The minimum atomic E-state index is -5.69. The summed E-state index contributed by atoms with van der Waals surface area (Å²) in [6.07, 6.45) is -11.4.